The van der Waals surface area contributed by atoms with E-state index >= 15 is 0 Å². The fraction of sp³-hybridized carbons (Fsp3) is 0.278. The van der Waals surface area contributed by atoms with Crippen LogP contribution in [0.3, 0.4) is 0 Å². The zero-order valence-electron chi connectivity index (χ0n) is 14.7. The topological polar surface area (TPSA) is 91.4 Å². The lowest BCUT2D eigenvalue weighted by molar-refractivity contribution is -0.0641. The minimum absolute atomic E-state index is 0.00575. The van der Waals surface area contributed by atoms with Crippen LogP contribution in [0.25, 0.3) is 4.85 Å². The molecule has 2 atom stereocenters. The number of hydrogen-bond donors (Lipinski definition) is 2. The Morgan fingerprint density at radius 3 is 2.62 bits per heavy atom. The van der Waals surface area contributed by atoms with Crippen molar-refractivity contribution in [1.29, 1.82) is 0 Å². The quantitative estimate of drug-likeness (QED) is 0.630. The Hall–Kier alpha value is -2.10. The fourth-order valence-corrected chi connectivity index (χ4v) is 5.46. The van der Waals surface area contributed by atoms with E-state index in [9.17, 15) is 27.4 Å². The Labute approximate surface area is 174 Å². The van der Waals surface area contributed by atoms with E-state index < -0.39 is 46.5 Å². The number of benzene rings is 2. The zero-order valence-corrected chi connectivity index (χ0v) is 17.1. The predicted molar refractivity (Wildman–Crippen MR) is 102 cm³/mol. The minimum atomic E-state index is -4.16. The van der Waals surface area contributed by atoms with E-state index in [-0.39, 0.29) is 27.3 Å². The Morgan fingerprint density at radius 2 is 2.03 bits per heavy atom. The van der Waals surface area contributed by atoms with Crippen molar-refractivity contribution in [3.05, 3.63) is 63.9 Å². The van der Waals surface area contributed by atoms with Crippen LogP contribution >= 0.6 is 15.9 Å². The van der Waals surface area contributed by atoms with Crippen LogP contribution in [-0.2, 0) is 10.0 Å². The van der Waals surface area contributed by atoms with E-state index in [4.69, 9.17) is 11.3 Å². The predicted octanol–water partition coefficient (Wildman–Crippen LogP) is 2.45. The summed E-state index contributed by atoms with van der Waals surface area (Å²) in [5.74, 6) is -1.49. The largest absolute Gasteiger partial charge is 0.486 e. The van der Waals surface area contributed by atoms with Crippen molar-refractivity contribution in [3.8, 4) is 5.75 Å². The number of aliphatic hydroxyl groups is 2. The Bertz CT molecular complexity index is 1090. The number of hydrogen-bond acceptors (Lipinski definition) is 5. The summed E-state index contributed by atoms with van der Waals surface area (Å²) in [7, 11) is -4.16. The lowest BCUT2D eigenvalue weighted by Gasteiger charge is -2.27. The van der Waals surface area contributed by atoms with Gasteiger partial charge in [0.25, 0.3) is 0 Å². The van der Waals surface area contributed by atoms with Gasteiger partial charge in [0, 0.05) is 17.1 Å². The average molecular weight is 489 g/mol. The molecule has 0 saturated carbocycles. The van der Waals surface area contributed by atoms with Gasteiger partial charge in [0.15, 0.2) is 0 Å². The maximum atomic E-state index is 13.8. The molecule has 11 heteroatoms. The number of halogens is 3. The van der Waals surface area contributed by atoms with Crippen LogP contribution in [0.5, 0.6) is 5.75 Å². The van der Waals surface area contributed by atoms with Crippen molar-refractivity contribution in [2.45, 2.75) is 16.6 Å². The van der Waals surface area contributed by atoms with Crippen LogP contribution in [0, 0.1) is 18.2 Å². The molecular weight excluding hydrogens is 474 g/mol. The molecule has 1 aliphatic rings. The molecule has 0 radical (unpaired) electrons. The van der Waals surface area contributed by atoms with E-state index in [0.29, 0.717) is 0 Å². The Kier molecular flexibility index (Phi) is 5.93. The highest BCUT2D eigenvalue weighted by molar-refractivity contribution is 9.10. The first-order chi connectivity index (χ1) is 13.6. The van der Waals surface area contributed by atoms with E-state index in [1.54, 1.807) is 0 Å². The Morgan fingerprint density at radius 1 is 1.31 bits per heavy atom. The second-order valence-corrected chi connectivity index (χ2v) is 9.23. The summed E-state index contributed by atoms with van der Waals surface area (Å²) >= 11 is 3.01. The molecule has 2 aromatic carbocycles. The molecule has 1 heterocycles. The molecule has 154 valence electrons. The number of sulfonamides is 1. The van der Waals surface area contributed by atoms with Crippen LogP contribution < -0.4 is 4.74 Å². The molecule has 1 aliphatic heterocycles. The van der Waals surface area contributed by atoms with Gasteiger partial charge in [-0.2, -0.15) is 4.31 Å². The van der Waals surface area contributed by atoms with Gasteiger partial charge in [-0.1, -0.05) is 0 Å². The first-order valence-corrected chi connectivity index (χ1v) is 10.5. The van der Waals surface area contributed by atoms with Crippen molar-refractivity contribution in [2.24, 2.45) is 0 Å². The molecule has 0 aliphatic carbocycles. The normalized spacial score (nSPS) is 22.4. The van der Waals surface area contributed by atoms with Gasteiger partial charge in [-0.25, -0.2) is 22.0 Å². The van der Waals surface area contributed by atoms with Gasteiger partial charge in [-0.15, -0.1) is 0 Å². The van der Waals surface area contributed by atoms with Crippen LogP contribution in [0.15, 0.2) is 45.8 Å². The molecule has 0 unspecified atom stereocenters. The second kappa shape index (κ2) is 7.97. The summed E-state index contributed by atoms with van der Waals surface area (Å²) in [6.45, 7) is 5.22. The highest BCUT2D eigenvalue weighted by Gasteiger charge is 2.51. The molecule has 0 spiro atoms. The van der Waals surface area contributed by atoms with Crippen LogP contribution in [0.1, 0.15) is 0 Å². The van der Waals surface area contributed by atoms with Gasteiger partial charge in [0.2, 0.25) is 15.7 Å². The van der Waals surface area contributed by atoms with Crippen molar-refractivity contribution >= 4 is 31.6 Å². The molecule has 7 nitrogen and oxygen atoms in total. The van der Waals surface area contributed by atoms with Crippen LogP contribution in [-0.4, -0.2) is 54.3 Å². The van der Waals surface area contributed by atoms with E-state index in [0.717, 1.165) is 28.6 Å². The molecule has 2 aromatic rings. The smallest absolute Gasteiger partial charge is 0.244 e. The number of nitrogens with zero attached hydrogens (tertiary/aromatic N) is 2. The molecule has 0 amide bonds. The third-order valence-electron chi connectivity index (χ3n) is 4.52. The number of β-amino-alcohol motifs (C(OH)–C–C–N with tert-alkyl or cyclic N) is 1. The molecule has 1 fully saturated rings. The number of aliphatic hydroxyl groups excluding tert-OH is 1. The second-order valence-electron chi connectivity index (χ2n) is 6.47. The summed E-state index contributed by atoms with van der Waals surface area (Å²) in [5.41, 5.74) is -2.17. The van der Waals surface area contributed by atoms with Gasteiger partial charge in [0.1, 0.15) is 29.1 Å². The lowest BCUT2D eigenvalue weighted by Crippen LogP contribution is -2.48. The lowest BCUT2D eigenvalue weighted by atomic mass is 10.0. The van der Waals surface area contributed by atoms with Gasteiger partial charge in [-0.05, 0) is 46.3 Å². The standard InChI is InChI=1S/C18H15BrF2N2O5S/c1-22-15-4-3-12(7-14(15)21)28-17-8-23(9-18(17,25)10-24)29(26,27)16-5-2-11(20)6-13(16)19/h2-7,17,24-25H,8-10H2/t17-,18-/m0/s1. The Balaban J connectivity index is 1.89. The third kappa shape index (κ3) is 4.12. The molecule has 1 saturated heterocycles. The average Bonchev–Trinajstić information content (AvgIpc) is 2.99. The number of ether oxygens (including phenoxy) is 1. The zero-order chi connectivity index (χ0) is 21.4. The highest BCUT2D eigenvalue weighted by atomic mass is 79.9. The highest BCUT2D eigenvalue weighted by Crippen LogP contribution is 2.34. The summed E-state index contributed by atoms with van der Waals surface area (Å²) in [5, 5.41) is 20.3. The fourth-order valence-electron chi connectivity index (χ4n) is 2.95. The maximum absolute atomic E-state index is 13.8. The molecule has 0 aromatic heterocycles. The van der Waals surface area contributed by atoms with E-state index in [1.165, 1.54) is 12.1 Å². The van der Waals surface area contributed by atoms with Crippen molar-refractivity contribution in [1.82, 2.24) is 4.31 Å². The molecule has 0 bridgehead atoms. The van der Waals surface area contributed by atoms with Gasteiger partial charge >= 0.3 is 0 Å². The number of rotatable bonds is 5. The summed E-state index contributed by atoms with van der Waals surface area (Å²) in [4.78, 5) is 2.78. The molecular formula is C18H15BrF2N2O5S. The molecule has 29 heavy (non-hydrogen) atoms. The van der Waals surface area contributed by atoms with Crippen molar-refractivity contribution < 1.29 is 32.1 Å². The van der Waals surface area contributed by atoms with Crippen molar-refractivity contribution in [3.63, 3.8) is 0 Å². The first-order valence-electron chi connectivity index (χ1n) is 8.23. The monoisotopic (exact) mass is 488 g/mol. The summed E-state index contributed by atoms with van der Waals surface area (Å²) < 4.78 is 59.4. The van der Waals surface area contributed by atoms with Crippen molar-refractivity contribution in [2.75, 3.05) is 19.7 Å². The van der Waals surface area contributed by atoms with Gasteiger partial charge in [-0.3, -0.25) is 0 Å². The maximum Gasteiger partial charge on any atom is 0.244 e. The SMILES string of the molecule is [C-]#[N+]c1ccc(O[C@H]2CN(S(=O)(=O)c3ccc(F)cc3Br)C[C@]2(O)CO)cc1F. The molecule has 3 rings (SSSR count). The van der Waals surface area contributed by atoms with E-state index in [1.807, 2.05) is 0 Å². The first kappa shape index (κ1) is 21.6. The van der Waals surface area contributed by atoms with Crippen LogP contribution in [0.4, 0.5) is 14.5 Å². The summed E-state index contributed by atoms with van der Waals surface area (Å²) in [6, 6.07) is 6.51. The third-order valence-corrected chi connectivity index (χ3v) is 7.31. The summed E-state index contributed by atoms with van der Waals surface area (Å²) in [6.07, 6.45) is -1.21. The van der Waals surface area contributed by atoms with Crippen LogP contribution in [0.2, 0.25) is 0 Å². The minimum Gasteiger partial charge on any atom is -0.486 e. The van der Waals surface area contributed by atoms with E-state index in [2.05, 4.69) is 20.8 Å². The molecule has 2 N–H and O–H groups in total. The van der Waals surface area contributed by atoms with Gasteiger partial charge < -0.3 is 14.9 Å². The van der Waals surface area contributed by atoms with Gasteiger partial charge in [0.05, 0.1) is 24.6 Å².